The Bertz CT molecular complexity index is 812. The molecule has 136 valence electrons. The van der Waals surface area contributed by atoms with Crippen LogP contribution in [0.4, 0.5) is 14.9 Å². The van der Waals surface area contributed by atoms with Gasteiger partial charge in [-0.05, 0) is 26.0 Å². The van der Waals surface area contributed by atoms with Gasteiger partial charge in [0.25, 0.3) is 0 Å². The molecule has 1 atom stereocenters. The molecular formula is C18H19FN4O3. The summed E-state index contributed by atoms with van der Waals surface area (Å²) in [5, 5.41) is 0. The zero-order valence-electron chi connectivity index (χ0n) is 14.6. The van der Waals surface area contributed by atoms with E-state index in [-0.39, 0.29) is 24.4 Å². The predicted octanol–water partition coefficient (Wildman–Crippen LogP) is 2.53. The van der Waals surface area contributed by atoms with Crippen molar-refractivity contribution in [1.29, 1.82) is 0 Å². The lowest BCUT2D eigenvalue weighted by atomic mass is 10.1. The van der Waals surface area contributed by atoms with E-state index in [4.69, 9.17) is 4.74 Å². The molecular weight excluding hydrogens is 339 g/mol. The summed E-state index contributed by atoms with van der Waals surface area (Å²) in [6.07, 6.45) is 1.66. The normalized spacial score (nSPS) is 16.9. The standard InChI is InChI=1S/C18H19FN4O3/c1-3-26-15-6-4-5-13(7-15)16(24)11-22-12(2)10-23(18(22)25)14-8-20-17(19)21-9-14/h4-9,12H,3,10-11H2,1-2H3/t12-/m0/s1. The van der Waals surface area contributed by atoms with Gasteiger partial charge < -0.3 is 9.64 Å². The van der Waals surface area contributed by atoms with Crippen molar-refractivity contribution in [3.8, 4) is 5.75 Å². The number of carbonyl (C=O) groups is 2. The van der Waals surface area contributed by atoms with E-state index in [9.17, 15) is 14.0 Å². The lowest BCUT2D eigenvalue weighted by Gasteiger charge is -2.20. The Morgan fingerprint density at radius 1 is 1.35 bits per heavy atom. The molecule has 2 aromatic rings. The molecule has 1 aromatic heterocycles. The Kier molecular flexibility index (Phi) is 5.11. The van der Waals surface area contributed by atoms with E-state index in [0.717, 1.165) is 0 Å². The molecule has 0 N–H and O–H groups in total. The van der Waals surface area contributed by atoms with Crippen molar-refractivity contribution >= 4 is 17.5 Å². The number of aromatic nitrogens is 2. The number of carbonyl (C=O) groups excluding carboxylic acids is 2. The summed E-state index contributed by atoms with van der Waals surface area (Å²) in [5.74, 6) is 0.438. The maximum Gasteiger partial charge on any atom is 0.325 e. The first-order chi connectivity index (χ1) is 12.5. The molecule has 8 heteroatoms. The zero-order chi connectivity index (χ0) is 18.7. The predicted molar refractivity (Wildman–Crippen MR) is 92.8 cm³/mol. The Balaban J connectivity index is 1.73. The highest BCUT2D eigenvalue weighted by molar-refractivity contribution is 6.02. The Hall–Kier alpha value is -3.03. The number of nitrogens with zero attached hydrogens (tertiary/aromatic N) is 4. The minimum atomic E-state index is -0.852. The van der Waals surface area contributed by atoms with Crippen molar-refractivity contribution < 1.29 is 18.7 Å². The van der Waals surface area contributed by atoms with Gasteiger partial charge in [-0.2, -0.15) is 4.39 Å². The van der Waals surface area contributed by atoms with Crippen molar-refractivity contribution in [3.05, 3.63) is 48.3 Å². The number of ketones is 1. The first-order valence-electron chi connectivity index (χ1n) is 8.31. The van der Waals surface area contributed by atoms with E-state index < -0.39 is 6.08 Å². The van der Waals surface area contributed by atoms with Crippen molar-refractivity contribution in [2.75, 3.05) is 24.6 Å². The molecule has 26 heavy (non-hydrogen) atoms. The number of halogens is 1. The first kappa shape index (κ1) is 17.8. The maximum absolute atomic E-state index is 12.9. The third-order valence-electron chi connectivity index (χ3n) is 4.15. The van der Waals surface area contributed by atoms with E-state index in [1.807, 2.05) is 13.8 Å². The van der Waals surface area contributed by atoms with Gasteiger partial charge in [-0.3, -0.25) is 9.69 Å². The van der Waals surface area contributed by atoms with Crippen LogP contribution in [0.2, 0.25) is 0 Å². The van der Waals surface area contributed by atoms with E-state index >= 15 is 0 Å². The quantitative estimate of drug-likeness (QED) is 0.586. The van der Waals surface area contributed by atoms with E-state index in [1.54, 1.807) is 24.3 Å². The maximum atomic E-state index is 12.9. The second-order valence-electron chi connectivity index (χ2n) is 5.96. The monoisotopic (exact) mass is 358 g/mol. The molecule has 0 spiro atoms. The molecule has 0 bridgehead atoms. The van der Waals surface area contributed by atoms with Crippen LogP contribution in [-0.2, 0) is 0 Å². The molecule has 0 radical (unpaired) electrons. The third kappa shape index (κ3) is 3.63. The third-order valence-corrected chi connectivity index (χ3v) is 4.15. The molecule has 1 fully saturated rings. The number of benzene rings is 1. The number of hydrogen-bond acceptors (Lipinski definition) is 5. The SMILES string of the molecule is CCOc1cccc(C(=O)CN2C(=O)N(c3cnc(F)nc3)C[C@@H]2C)c1. The second-order valence-corrected chi connectivity index (χ2v) is 5.96. The average molecular weight is 358 g/mol. The number of Topliss-reactive ketones (excluding diaryl/α,β-unsaturated/α-hetero) is 1. The summed E-state index contributed by atoms with van der Waals surface area (Å²) in [6, 6.07) is 6.38. The molecule has 2 heterocycles. The fourth-order valence-corrected chi connectivity index (χ4v) is 2.84. The van der Waals surface area contributed by atoms with Crippen LogP contribution >= 0.6 is 0 Å². The minimum Gasteiger partial charge on any atom is -0.494 e. The Labute approximate surface area is 150 Å². The van der Waals surface area contributed by atoms with Crippen LogP contribution < -0.4 is 9.64 Å². The van der Waals surface area contributed by atoms with Gasteiger partial charge in [0.2, 0.25) is 0 Å². The minimum absolute atomic E-state index is 0.0475. The van der Waals surface area contributed by atoms with Gasteiger partial charge in [-0.15, -0.1) is 0 Å². The van der Waals surface area contributed by atoms with Crippen LogP contribution in [0.5, 0.6) is 5.75 Å². The lowest BCUT2D eigenvalue weighted by Crippen LogP contribution is -2.38. The molecule has 0 saturated carbocycles. The molecule has 1 aliphatic heterocycles. The van der Waals surface area contributed by atoms with Gasteiger partial charge in [0, 0.05) is 18.2 Å². The van der Waals surface area contributed by atoms with Crippen LogP contribution in [0.1, 0.15) is 24.2 Å². The lowest BCUT2D eigenvalue weighted by molar-refractivity contribution is 0.0940. The number of amides is 2. The molecule has 2 amide bonds. The summed E-state index contributed by atoms with van der Waals surface area (Å²) in [6.45, 7) is 4.56. The molecule has 3 rings (SSSR count). The zero-order valence-corrected chi connectivity index (χ0v) is 14.6. The van der Waals surface area contributed by atoms with E-state index in [2.05, 4.69) is 9.97 Å². The first-order valence-corrected chi connectivity index (χ1v) is 8.31. The van der Waals surface area contributed by atoms with E-state index in [0.29, 0.717) is 30.2 Å². The van der Waals surface area contributed by atoms with Crippen molar-refractivity contribution in [2.24, 2.45) is 0 Å². The molecule has 7 nitrogen and oxygen atoms in total. The van der Waals surface area contributed by atoms with Gasteiger partial charge in [0.15, 0.2) is 5.78 Å². The van der Waals surface area contributed by atoms with Crippen molar-refractivity contribution in [1.82, 2.24) is 14.9 Å². The molecule has 0 unspecified atom stereocenters. The number of ether oxygens (including phenoxy) is 1. The van der Waals surface area contributed by atoms with Crippen LogP contribution in [0.15, 0.2) is 36.7 Å². The summed E-state index contributed by atoms with van der Waals surface area (Å²) in [5.41, 5.74) is 0.885. The summed E-state index contributed by atoms with van der Waals surface area (Å²) >= 11 is 0. The van der Waals surface area contributed by atoms with Gasteiger partial charge in [0.1, 0.15) is 5.75 Å². The second kappa shape index (κ2) is 7.47. The molecule has 1 aliphatic rings. The topological polar surface area (TPSA) is 75.6 Å². The molecule has 1 saturated heterocycles. The fraction of sp³-hybridized carbons (Fsp3) is 0.333. The van der Waals surface area contributed by atoms with Crippen LogP contribution in [0, 0.1) is 6.08 Å². The van der Waals surface area contributed by atoms with Gasteiger partial charge in [0.05, 0.1) is 31.2 Å². The van der Waals surface area contributed by atoms with Gasteiger partial charge >= 0.3 is 12.1 Å². The van der Waals surface area contributed by atoms with Gasteiger partial charge in [-0.25, -0.2) is 14.8 Å². The fourth-order valence-electron chi connectivity index (χ4n) is 2.84. The van der Waals surface area contributed by atoms with Crippen molar-refractivity contribution in [2.45, 2.75) is 19.9 Å². The Morgan fingerprint density at radius 2 is 2.08 bits per heavy atom. The number of anilines is 1. The number of hydrogen-bond donors (Lipinski definition) is 0. The molecule has 1 aromatic carbocycles. The highest BCUT2D eigenvalue weighted by atomic mass is 19.1. The van der Waals surface area contributed by atoms with Crippen molar-refractivity contribution in [3.63, 3.8) is 0 Å². The van der Waals surface area contributed by atoms with Crippen LogP contribution in [0.3, 0.4) is 0 Å². The largest absolute Gasteiger partial charge is 0.494 e. The smallest absolute Gasteiger partial charge is 0.325 e. The van der Waals surface area contributed by atoms with Crippen LogP contribution in [-0.4, -0.2) is 52.4 Å². The van der Waals surface area contributed by atoms with E-state index in [1.165, 1.54) is 22.2 Å². The highest BCUT2D eigenvalue weighted by Crippen LogP contribution is 2.23. The number of rotatable bonds is 6. The number of urea groups is 1. The average Bonchev–Trinajstić information content (AvgIpc) is 2.91. The highest BCUT2D eigenvalue weighted by Gasteiger charge is 2.36. The summed E-state index contributed by atoms with van der Waals surface area (Å²) in [7, 11) is 0. The van der Waals surface area contributed by atoms with Crippen LogP contribution in [0.25, 0.3) is 0 Å². The summed E-state index contributed by atoms with van der Waals surface area (Å²) in [4.78, 5) is 35.1. The van der Waals surface area contributed by atoms with Gasteiger partial charge in [-0.1, -0.05) is 12.1 Å². The summed E-state index contributed by atoms with van der Waals surface area (Å²) < 4.78 is 18.3. The Morgan fingerprint density at radius 3 is 2.77 bits per heavy atom. The molecule has 0 aliphatic carbocycles.